The van der Waals surface area contributed by atoms with Crippen LogP contribution in [0.25, 0.3) is 0 Å². The van der Waals surface area contributed by atoms with E-state index in [1.54, 1.807) is 23.7 Å². The van der Waals surface area contributed by atoms with Crippen LogP contribution in [0, 0.1) is 0 Å². The van der Waals surface area contributed by atoms with Crippen LogP contribution in [0.3, 0.4) is 0 Å². The van der Waals surface area contributed by atoms with Crippen LogP contribution in [0.2, 0.25) is 0 Å². The highest BCUT2D eigenvalue weighted by Crippen LogP contribution is 2.07. The molecule has 0 fully saturated rings. The Morgan fingerprint density at radius 2 is 2.58 bits per heavy atom. The highest BCUT2D eigenvalue weighted by Gasteiger charge is 2.11. The fourth-order valence-corrected chi connectivity index (χ4v) is 1.42. The summed E-state index contributed by atoms with van der Waals surface area (Å²) in [5.41, 5.74) is 6.96. The molecule has 0 radical (unpaired) electrons. The molecular formula is C7H11N3OS. The summed E-state index contributed by atoms with van der Waals surface area (Å²) in [5.74, 6) is -0.0112. The van der Waals surface area contributed by atoms with Gasteiger partial charge in [-0.2, -0.15) is 0 Å². The zero-order valence-electron chi connectivity index (χ0n) is 6.86. The van der Waals surface area contributed by atoms with Crippen LogP contribution in [0.5, 0.6) is 0 Å². The number of carbonyl (C=O) groups is 1. The SMILES string of the molecule is CN(CCN)C(=O)c1cncs1. The Morgan fingerprint density at radius 1 is 1.83 bits per heavy atom. The second-order valence-electron chi connectivity index (χ2n) is 2.38. The third-order valence-electron chi connectivity index (χ3n) is 1.45. The van der Waals surface area contributed by atoms with Crippen LogP contribution < -0.4 is 5.73 Å². The van der Waals surface area contributed by atoms with Crippen molar-refractivity contribution in [1.29, 1.82) is 0 Å². The molecule has 0 aliphatic carbocycles. The minimum Gasteiger partial charge on any atom is -0.340 e. The topological polar surface area (TPSA) is 59.2 Å². The monoisotopic (exact) mass is 185 g/mol. The van der Waals surface area contributed by atoms with Gasteiger partial charge in [-0.3, -0.25) is 9.78 Å². The molecular weight excluding hydrogens is 174 g/mol. The van der Waals surface area contributed by atoms with Gasteiger partial charge in [-0.15, -0.1) is 11.3 Å². The van der Waals surface area contributed by atoms with Crippen LogP contribution in [-0.4, -0.2) is 35.9 Å². The molecule has 0 spiro atoms. The minimum absolute atomic E-state index is 0.0112. The maximum absolute atomic E-state index is 11.4. The zero-order valence-corrected chi connectivity index (χ0v) is 7.67. The van der Waals surface area contributed by atoms with Gasteiger partial charge in [-0.1, -0.05) is 0 Å². The maximum atomic E-state index is 11.4. The van der Waals surface area contributed by atoms with E-state index in [0.717, 1.165) is 0 Å². The zero-order chi connectivity index (χ0) is 8.97. The second kappa shape index (κ2) is 4.18. The van der Waals surface area contributed by atoms with E-state index in [1.807, 2.05) is 0 Å². The van der Waals surface area contributed by atoms with E-state index in [-0.39, 0.29) is 5.91 Å². The molecule has 66 valence electrons. The number of hydrogen-bond donors (Lipinski definition) is 1. The summed E-state index contributed by atoms with van der Waals surface area (Å²) in [5, 5.41) is 0. The molecule has 1 aromatic rings. The predicted octanol–water partition coefficient (Wildman–Crippen LogP) is 0.174. The lowest BCUT2D eigenvalue weighted by Crippen LogP contribution is -2.31. The number of nitrogens with two attached hydrogens (primary N) is 1. The number of rotatable bonds is 3. The van der Waals surface area contributed by atoms with Gasteiger partial charge >= 0.3 is 0 Å². The van der Waals surface area contributed by atoms with Gasteiger partial charge in [-0.05, 0) is 0 Å². The standard InChI is InChI=1S/C7H11N3OS/c1-10(3-2-8)7(11)6-4-9-5-12-6/h4-5H,2-3,8H2,1H3. The van der Waals surface area contributed by atoms with Gasteiger partial charge in [0.2, 0.25) is 0 Å². The first-order valence-corrected chi connectivity index (χ1v) is 4.47. The van der Waals surface area contributed by atoms with Gasteiger partial charge in [0, 0.05) is 20.1 Å². The minimum atomic E-state index is -0.0112. The molecule has 1 aromatic heterocycles. The quantitative estimate of drug-likeness (QED) is 0.730. The van der Waals surface area contributed by atoms with Gasteiger partial charge < -0.3 is 10.6 Å². The van der Waals surface area contributed by atoms with Crippen molar-refractivity contribution < 1.29 is 4.79 Å². The molecule has 0 saturated heterocycles. The van der Waals surface area contributed by atoms with Crippen molar-refractivity contribution in [2.45, 2.75) is 0 Å². The Labute approximate surface area is 75.0 Å². The molecule has 5 heteroatoms. The van der Waals surface area contributed by atoms with E-state index in [2.05, 4.69) is 4.98 Å². The molecule has 1 amide bonds. The smallest absolute Gasteiger partial charge is 0.265 e. The molecule has 1 rings (SSSR count). The second-order valence-corrected chi connectivity index (χ2v) is 3.27. The highest BCUT2D eigenvalue weighted by molar-refractivity contribution is 7.11. The number of amides is 1. The Morgan fingerprint density at radius 3 is 3.08 bits per heavy atom. The van der Waals surface area contributed by atoms with Gasteiger partial charge in [0.05, 0.1) is 11.7 Å². The maximum Gasteiger partial charge on any atom is 0.265 e. The summed E-state index contributed by atoms with van der Waals surface area (Å²) in [4.78, 5) is 17.5. The van der Waals surface area contributed by atoms with Crippen molar-refractivity contribution in [3.63, 3.8) is 0 Å². The van der Waals surface area contributed by atoms with Crippen molar-refractivity contribution in [3.8, 4) is 0 Å². The predicted molar refractivity (Wildman–Crippen MR) is 48.1 cm³/mol. The fraction of sp³-hybridized carbons (Fsp3) is 0.429. The van der Waals surface area contributed by atoms with E-state index >= 15 is 0 Å². The molecule has 0 bridgehead atoms. The Kier molecular flexibility index (Phi) is 3.19. The van der Waals surface area contributed by atoms with E-state index < -0.39 is 0 Å². The van der Waals surface area contributed by atoms with E-state index in [4.69, 9.17) is 5.73 Å². The lowest BCUT2D eigenvalue weighted by Gasteiger charge is -2.13. The molecule has 0 aliphatic heterocycles. The van der Waals surface area contributed by atoms with Crippen molar-refractivity contribution in [2.75, 3.05) is 20.1 Å². The average molecular weight is 185 g/mol. The van der Waals surface area contributed by atoms with Crippen molar-refractivity contribution in [2.24, 2.45) is 5.73 Å². The van der Waals surface area contributed by atoms with Crippen LogP contribution >= 0.6 is 11.3 Å². The largest absolute Gasteiger partial charge is 0.340 e. The third kappa shape index (κ3) is 2.02. The van der Waals surface area contributed by atoms with Crippen LogP contribution in [-0.2, 0) is 0 Å². The first kappa shape index (κ1) is 9.15. The average Bonchev–Trinajstić information content (AvgIpc) is 2.55. The number of thiazole rings is 1. The van der Waals surface area contributed by atoms with Crippen LogP contribution in [0.4, 0.5) is 0 Å². The molecule has 0 aliphatic rings. The molecule has 0 unspecified atom stereocenters. The van der Waals surface area contributed by atoms with Crippen molar-refractivity contribution >= 4 is 17.2 Å². The van der Waals surface area contributed by atoms with Gasteiger partial charge in [0.1, 0.15) is 4.88 Å². The normalized spacial score (nSPS) is 9.83. The van der Waals surface area contributed by atoms with Gasteiger partial charge in [0.25, 0.3) is 5.91 Å². The third-order valence-corrected chi connectivity index (χ3v) is 2.22. The summed E-state index contributed by atoms with van der Waals surface area (Å²) in [6, 6.07) is 0. The van der Waals surface area contributed by atoms with Crippen LogP contribution in [0.15, 0.2) is 11.7 Å². The number of aromatic nitrogens is 1. The molecule has 1 heterocycles. The lowest BCUT2D eigenvalue weighted by atomic mass is 10.4. The van der Waals surface area contributed by atoms with Gasteiger partial charge in [-0.25, -0.2) is 0 Å². The van der Waals surface area contributed by atoms with Crippen molar-refractivity contribution in [1.82, 2.24) is 9.88 Å². The number of likely N-dealkylation sites (N-methyl/N-ethyl adjacent to an activating group) is 1. The first-order valence-electron chi connectivity index (χ1n) is 3.59. The summed E-state index contributed by atoms with van der Waals surface area (Å²) >= 11 is 1.34. The highest BCUT2D eigenvalue weighted by atomic mass is 32.1. The number of nitrogens with zero attached hydrogens (tertiary/aromatic N) is 2. The van der Waals surface area contributed by atoms with E-state index in [0.29, 0.717) is 18.0 Å². The number of carbonyl (C=O) groups excluding carboxylic acids is 1. The summed E-state index contributed by atoms with van der Waals surface area (Å²) in [7, 11) is 1.73. The molecule has 0 atom stereocenters. The molecule has 2 N–H and O–H groups in total. The Balaban J connectivity index is 2.59. The van der Waals surface area contributed by atoms with E-state index in [9.17, 15) is 4.79 Å². The molecule has 4 nitrogen and oxygen atoms in total. The molecule has 0 saturated carbocycles. The first-order chi connectivity index (χ1) is 5.75. The molecule has 0 aromatic carbocycles. The number of hydrogen-bond acceptors (Lipinski definition) is 4. The van der Waals surface area contributed by atoms with E-state index in [1.165, 1.54) is 11.3 Å². The van der Waals surface area contributed by atoms with Crippen molar-refractivity contribution in [3.05, 3.63) is 16.6 Å². The lowest BCUT2D eigenvalue weighted by molar-refractivity contribution is 0.0803. The summed E-state index contributed by atoms with van der Waals surface area (Å²) in [6.45, 7) is 1.07. The fourth-order valence-electron chi connectivity index (χ4n) is 0.805. The Hall–Kier alpha value is -0.940. The summed E-state index contributed by atoms with van der Waals surface area (Å²) in [6.07, 6.45) is 1.57. The van der Waals surface area contributed by atoms with Gasteiger partial charge in [0.15, 0.2) is 0 Å². The summed E-state index contributed by atoms with van der Waals surface area (Å²) < 4.78 is 0. The molecule has 12 heavy (non-hydrogen) atoms. The van der Waals surface area contributed by atoms with Crippen LogP contribution in [0.1, 0.15) is 9.67 Å². The Bertz CT molecular complexity index is 247.